The van der Waals surface area contributed by atoms with Crippen LogP contribution in [0.25, 0.3) is 0 Å². The summed E-state index contributed by atoms with van der Waals surface area (Å²) in [5.41, 5.74) is 6.04. The van der Waals surface area contributed by atoms with Gasteiger partial charge in [0.25, 0.3) is 5.91 Å². The predicted octanol–water partition coefficient (Wildman–Crippen LogP) is 1.09. The van der Waals surface area contributed by atoms with Crippen LogP contribution >= 0.6 is 11.6 Å². The molecule has 2 aromatic rings. The number of carbonyl (C=O) groups excluding carboxylic acids is 1. The highest BCUT2D eigenvalue weighted by Crippen LogP contribution is 2.16. The van der Waals surface area contributed by atoms with E-state index in [2.05, 4.69) is 10.3 Å². The molecule has 1 aromatic carbocycles. The number of carbonyl (C=O) groups is 1. The minimum absolute atomic E-state index is 0.0230. The van der Waals surface area contributed by atoms with Gasteiger partial charge < -0.3 is 10.5 Å². The van der Waals surface area contributed by atoms with Crippen LogP contribution in [0.1, 0.15) is 16.1 Å². The van der Waals surface area contributed by atoms with Gasteiger partial charge in [-0.25, -0.2) is 4.68 Å². The minimum atomic E-state index is -0.694. The lowest BCUT2D eigenvalue weighted by Crippen LogP contribution is -2.12. The van der Waals surface area contributed by atoms with Gasteiger partial charge in [-0.15, -0.1) is 5.10 Å². The number of primary amides is 1. The smallest absolute Gasteiger partial charge is 0.272 e. The van der Waals surface area contributed by atoms with Crippen molar-refractivity contribution in [2.24, 2.45) is 5.73 Å². The second kappa shape index (κ2) is 5.05. The van der Waals surface area contributed by atoms with Gasteiger partial charge in [-0.1, -0.05) is 28.9 Å². The Morgan fingerprint density at radius 3 is 2.61 bits per heavy atom. The Morgan fingerprint density at radius 1 is 1.44 bits per heavy atom. The molecule has 2 N–H and O–H groups in total. The topological polar surface area (TPSA) is 83.0 Å². The summed E-state index contributed by atoms with van der Waals surface area (Å²) >= 11 is 5.94. The number of nitrogens with zero attached hydrogens (tertiary/aromatic N) is 3. The molecule has 0 spiro atoms. The zero-order valence-electron chi connectivity index (χ0n) is 9.63. The summed E-state index contributed by atoms with van der Waals surface area (Å²) in [5.74, 6) is 0.0715. The molecule has 0 fully saturated rings. The second-order valence-corrected chi connectivity index (χ2v) is 3.96. The lowest BCUT2D eigenvalue weighted by Gasteiger charge is -2.04. The number of ether oxygens (including phenoxy) is 1. The van der Waals surface area contributed by atoms with Crippen molar-refractivity contribution in [2.75, 3.05) is 7.11 Å². The summed E-state index contributed by atoms with van der Waals surface area (Å²) < 4.78 is 6.46. The summed E-state index contributed by atoms with van der Waals surface area (Å²) in [4.78, 5) is 11.0. The maximum atomic E-state index is 11.0. The van der Waals surface area contributed by atoms with Crippen molar-refractivity contribution < 1.29 is 9.53 Å². The van der Waals surface area contributed by atoms with Crippen molar-refractivity contribution in [3.8, 4) is 5.75 Å². The number of benzene rings is 1. The van der Waals surface area contributed by atoms with Gasteiger partial charge in [-0.3, -0.25) is 4.79 Å². The van der Waals surface area contributed by atoms with Crippen molar-refractivity contribution in [3.05, 3.63) is 40.7 Å². The van der Waals surface area contributed by atoms with Gasteiger partial charge in [0.2, 0.25) is 0 Å². The molecule has 0 bridgehead atoms. The van der Waals surface area contributed by atoms with E-state index in [4.69, 9.17) is 22.1 Å². The molecule has 0 saturated heterocycles. The zero-order valence-corrected chi connectivity index (χ0v) is 10.4. The molecule has 1 amide bonds. The predicted molar refractivity (Wildman–Crippen MR) is 65.6 cm³/mol. The fraction of sp³-hybridized carbons (Fsp3) is 0.182. The number of hydrogen-bond donors (Lipinski definition) is 1. The van der Waals surface area contributed by atoms with E-state index in [0.29, 0.717) is 6.54 Å². The van der Waals surface area contributed by atoms with E-state index in [-0.39, 0.29) is 10.8 Å². The average Bonchev–Trinajstić information content (AvgIpc) is 2.72. The van der Waals surface area contributed by atoms with Crippen LogP contribution in [0.3, 0.4) is 0 Å². The number of methoxy groups -OCH3 is 1. The highest BCUT2D eigenvalue weighted by Gasteiger charge is 2.15. The fourth-order valence-electron chi connectivity index (χ4n) is 1.46. The molecule has 7 heteroatoms. The van der Waals surface area contributed by atoms with Crippen LogP contribution in [0, 0.1) is 0 Å². The van der Waals surface area contributed by atoms with Gasteiger partial charge in [-0.2, -0.15) is 0 Å². The van der Waals surface area contributed by atoms with E-state index in [0.717, 1.165) is 11.3 Å². The maximum absolute atomic E-state index is 11.0. The minimum Gasteiger partial charge on any atom is -0.497 e. The molecule has 0 atom stereocenters. The second-order valence-electron chi connectivity index (χ2n) is 3.60. The van der Waals surface area contributed by atoms with Crippen molar-refractivity contribution in [1.29, 1.82) is 0 Å². The first kappa shape index (κ1) is 12.4. The van der Waals surface area contributed by atoms with Crippen molar-refractivity contribution in [2.45, 2.75) is 6.54 Å². The molecule has 18 heavy (non-hydrogen) atoms. The van der Waals surface area contributed by atoms with Crippen LogP contribution in [0.4, 0.5) is 0 Å². The third kappa shape index (κ3) is 2.43. The summed E-state index contributed by atoms with van der Waals surface area (Å²) in [5, 5.41) is 7.54. The zero-order chi connectivity index (χ0) is 13.1. The lowest BCUT2D eigenvalue weighted by molar-refractivity contribution is 0.0995. The van der Waals surface area contributed by atoms with Crippen molar-refractivity contribution >= 4 is 17.5 Å². The molecule has 2 rings (SSSR count). The number of rotatable bonds is 4. The quantitative estimate of drug-likeness (QED) is 0.898. The first-order chi connectivity index (χ1) is 8.61. The third-order valence-corrected chi connectivity index (χ3v) is 2.77. The highest BCUT2D eigenvalue weighted by atomic mass is 35.5. The van der Waals surface area contributed by atoms with E-state index >= 15 is 0 Å². The third-order valence-electron chi connectivity index (χ3n) is 2.40. The Bertz CT molecular complexity index is 565. The summed E-state index contributed by atoms with van der Waals surface area (Å²) in [6.45, 7) is 0.406. The molecule has 94 valence electrons. The SMILES string of the molecule is COc1ccc(Cn2nnc(C(N)=O)c2Cl)cc1. The van der Waals surface area contributed by atoms with E-state index in [1.807, 2.05) is 24.3 Å². The van der Waals surface area contributed by atoms with Gasteiger partial charge in [0, 0.05) is 0 Å². The monoisotopic (exact) mass is 266 g/mol. The molecule has 1 aromatic heterocycles. The molecular formula is C11H11ClN4O2. The average molecular weight is 267 g/mol. The molecule has 6 nitrogen and oxygen atoms in total. The van der Waals surface area contributed by atoms with Crippen LogP contribution in [-0.4, -0.2) is 28.0 Å². The van der Waals surface area contributed by atoms with E-state index in [1.165, 1.54) is 4.68 Å². The van der Waals surface area contributed by atoms with Crippen LogP contribution in [-0.2, 0) is 6.54 Å². The van der Waals surface area contributed by atoms with Crippen LogP contribution in [0.5, 0.6) is 5.75 Å². The van der Waals surface area contributed by atoms with Gasteiger partial charge in [-0.05, 0) is 17.7 Å². The van der Waals surface area contributed by atoms with Crippen molar-refractivity contribution in [1.82, 2.24) is 15.0 Å². The number of nitrogens with two attached hydrogens (primary N) is 1. The molecule has 0 radical (unpaired) electrons. The van der Waals surface area contributed by atoms with Gasteiger partial charge in [0.15, 0.2) is 10.8 Å². The largest absolute Gasteiger partial charge is 0.497 e. The standard InChI is InChI=1S/C11H11ClN4O2/c1-18-8-4-2-7(3-5-8)6-16-10(12)9(11(13)17)14-15-16/h2-5H,6H2,1H3,(H2,13,17). The first-order valence-electron chi connectivity index (χ1n) is 5.13. The molecule has 1 heterocycles. The van der Waals surface area contributed by atoms with Gasteiger partial charge >= 0.3 is 0 Å². The maximum Gasteiger partial charge on any atom is 0.272 e. The molecular weight excluding hydrogens is 256 g/mol. The van der Waals surface area contributed by atoms with Gasteiger partial charge in [0.1, 0.15) is 5.75 Å². The van der Waals surface area contributed by atoms with E-state index in [9.17, 15) is 4.79 Å². The van der Waals surface area contributed by atoms with Crippen LogP contribution in [0.2, 0.25) is 5.15 Å². The van der Waals surface area contributed by atoms with Crippen LogP contribution in [0.15, 0.2) is 24.3 Å². The van der Waals surface area contributed by atoms with E-state index < -0.39 is 5.91 Å². The summed E-state index contributed by atoms with van der Waals surface area (Å²) in [6.07, 6.45) is 0. The molecule has 0 aliphatic rings. The Morgan fingerprint density at radius 2 is 2.11 bits per heavy atom. The van der Waals surface area contributed by atoms with Gasteiger partial charge in [0.05, 0.1) is 13.7 Å². The number of aromatic nitrogens is 3. The van der Waals surface area contributed by atoms with Crippen molar-refractivity contribution in [3.63, 3.8) is 0 Å². The molecule has 0 saturated carbocycles. The first-order valence-corrected chi connectivity index (χ1v) is 5.51. The Hall–Kier alpha value is -2.08. The Labute approximate surface area is 108 Å². The molecule has 0 aliphatic carbocycles. The highest BCUT2D eigenvalue weighted by molar-refractivity contribution is 6.32. The molecule has 0 aliphatic heterocycles. The number of halogens is 1. The lowest BCUT2D eigenvalue weighted by atomic mass is 10.2. The molecule has 0 unspecified atom stereocenters. The number of hydrogen-bond acceptors (Lipinski definition) is 4. The van der Waals surface area contributed by atoms with Crippen LogP contribution < -0.4 is 10.5 Å². The number of amides is 1. The summed E-state index contributed by atoms with van der Waals surface area (Å²) in [7, 11) is 1.60. The Kier molecular flexibility index (Phi) is 3.47. The summed E-state index contributed by atoms with van der Waals surface area (Å²) in [6, 6.07) is 7.41. The fourth-order valence-corrected chi connectivity index (χ4v) is 1.68. The Balaban J connectivity index is 2.20. The van der Waals surface area contributed by atoms with E-state index in [1.54, 1.807) is 7.11 Å². The normalized spacial score (nSPS) is 10.3.